The van der Waals surface area contributed by atoms with Crippen molar-refractivity contribution >= 4 is 28.3 Å². The van der Waals surface area contributed by atoms with Gasteiger partial charge in [0.2, 0.25) is 11.7 Å². The molecule has 144 valence electrons. The van der Waals surface area contributed by atoms with E-state index in [0.717, 1.165) is 38.6 Å². The van der Waals surface area contributed by atoms with Crippen molar-refractivity contribution in [1.82, 2.24) is 24.7 Å². The highest BCUT2D eigenvalue weighted by Crippen LogP contribution is 2.30. The second kappa shape index (κ2) is 7.21. The molecule has 0 saturated heterocycles. The van der Waals surface area contributed by atoms with Gasteiger partial charge in [0.25, 0.3) is 0 Å². The Kier molecular flexibility index (Phi) is 4.40. The molecule has 29 heavy (non-hydrogen) atoms. The first kappa shape index (κ1) is 17.7. The third-order valence-electron chi connectivity index (χ3n) is 4.70. The fraction of sp³-hybridized carbons (Fsp3) is 0.143. The molecule has 2 aromatic carbocycles. The monoisotopic (exact) mass is 403 g/mol. The number of thioether (sulfide) groups is 1. The summed E-state index contributed by atoms with van der Waals surface area (Å²) in [5.41, 5.74) is 3.86. The van der Waals surface area contributed by atoms with Crippen molar-refractivity contribution in [3.05, 3.63) is 66.1 Å². The Morgan fingerprint density at radius 3 is 2.76 bits per heavy atom. The number of pyridine rings is 1. The number of ether oxygens (including phenoxy) is 1. The summed E-state index contributed by atoms with van der Waals surface area (Å²) in [6.07, 6.45) is 0. The van der Waals surface area contributed by atoms with Crippen LogP contribution in [0.3, 0.4) is 0 Å². The summed E-state index contributed by atoms with van der Waals surface area (Å²) in [6, 6.07) is 17.8. The van der Waals surface area contributed by atoms with Crippen LogP contribution in [0, 0.1) is 6.92 Å². The van der Waals surface area contributed by atoms with Crippen LogP contribution in [0.5, 0.6) is 5.75 Å². The predicted octanol–water partition coefficient (Wildman–Crippen LogP) is 4.54. The van der Waals surface area contributed by atoms with Crippen molar-refractivity contribution in [2.45, 2.75) is 17.8 Å². The number of benzene rings is 2. The van der Waals surface area contributed by atoms with Gasteiger partial charge in [-0.25, -0.2) is 0 Å². The summed E-state index contributed by atoms with van der Waals surface area (Å²) in [4.78, 5) is 4.49. The third-order valence-corrected chi connectivity index (χ3v) is 5.61. The Bertz CT molecular complexity index is 1310. The SMILES string of the molecule is COc1ccc2c(C)cc3nnc(SCc4nc(-c5ccccc5)no4)n3c2c1. The number of nitrogens with zero attached hydrogens (tertiary/aromatic N) is 5. The molecule has 7 nitrogen and oxygen atoms in total. The second-order valence-corrected chi connectivity index (χ2v) is 7.50. The van der Waals surface area contributed by atoms with Crippen molar-refractivity contribution in [3.8, 4) is 17.1 Å². The standard InChI is InChI=1S/C21H17N5O2S/c1-13-10-18-23-24-21(26(18)17-11-15(27-2)8-9-16(13)17)29-12-19-22-20(25-28-19)14-6-4-3-5-7-14/h3-11H,12H2,1-2H3. The molecule has 0 radical (unpaired) electrons. The molecule has 0 unspecified atom stereocenters. The van der Waals surface area contributed by atoms with Gasteiger partial charge in [-0.3, -0.25) is 4.40 Å². The van der Waals surface area contributed by atoms with Crippen LogP contribution in [0.15, 0.2) is 64.3 Å². The summed E-state index contributed by atoms with van der Waals surface area (Å²) >= 11 is 1.50. The second-order valence-electron chi connectivity index (χ2n) is 6.55. The Morgan fingerprint density at radius 1 is 1.07 bits per heavy atom. The van der Waals surface area contributed by atoms with Crippen LogP contribution in [-0.4, -0.2) is 31.8 Å². The van der Waals surface area contributed by atoms with Crippen molar-refractivity contribution in [3.63, 3.8) is 0 Å². The molecule has 3 heterocycles. The lowest BCUT2D eigenvalue weighted by molar-refractivity contribution is 0.391. The zero-order valence-electron chi connectivity index (χ0n) is 15.9. The smallest absolute Gasteiger partial charge is 0.237 e. The van der Waals surface area contributed by atoms with E-state index in [1.165, 1.54) is 11.8 Å². The van der Waals surface area contributed by atoms with Crippen LogP contribution >= 0.6 is 11.8 Å². The van der Waals surface area contributed by atoms with Gasteiger partial charge in [0.15, 0.2) is 10.8 Å². The van der Waals surface area contributed by atoms with E-state index in [0.29, 0.717) is 17.5 Å². The zero-order chi connectivity index (χ0) is 19.8. The number of rotatable bonds is 5. The third kappa shape index (κ3) is 3.21. The van der Waals surface area contributed by atoms with Crippen LogP contribution in [0.4, 0.5) is 0 Å². The fourth-order valence-corrected chi connectivity index (χ4v) is 4.06. The molecule has 0 fully saturated rings. The number of methoxy groups -OCH3 is 1. The highest BCUT2D eigenvalue weighted by Gasteiger charge is 2.15. The van der Waals surface area contributed by atoms with E-state index < -0.39 is 0 Å². The summed E-state index contributed by atoms with van der Waals surface area (Å²) in [5.74, 6) is 2.41. The van der Waals surface area contributed by atoms with Crippen molar-refractivity contribution in [2.75, 3.05) is 7.11 Å². The van der Waals surface area contributed by atoms with E-state index in [9.17, 15) is 0 Å². The van der Waals surface area contributed by atoms with Gasteiger partial charge in [0.1, 0.15) is 5.75 Å². The Morgan fingerprint density at radius 2 is 1.93 bits per heavy atom. The quantitative estimate of drug-likeness (QED) is 0.399. The topological polar surface area (TPSA) is 78.3 Å². The Balaban J connectivity index is 1.48. The lowest BCUT2D eigenvalue weighted by Crippen LogP contribution is -1.95. The van der Waals surface area contributed by atoms with Crippen LogP contribution in [0.1, 0.15) is 11.5 Å². The van der Waals surface area contributed by atoms with Crippen molar-refractivity contribution < 1.29 is 9.26 Å². The number of aryl methyl sites for hydroxylation is 1. The van der Waals surface area contributed by atoms with Gasteiger partial charge in [-0.15, -0.1) is 10.2 Å². The van der Waals surface area contributed by atoms with Gasteiger partial charge in [-0.2, -0.15) is 4.98 Å². The van der Waals surface area contributed by atoms with E-state index in [2.05, 4.69) is 33.3 Å². The van der Waals surface area contributed by atoms with Crippen molar-refractivity contribution in [2.24, 2.45) is 0 Å². The van der Waals surface area contributed by atoms with Gasteiger partial charge in [-0.05, 0) is 30.7 Å². The highest BCUT2D eigenvalue weighted by molar-refractivity contribution is 7.98. The van der Waals surface area contributed by atoms with E-state index in [-0.39, 0.29) is 0 Å². The lowest BCUT2D eigenvalue weighted by atomic mass is 10.1. The van der Waals surface area contributed by atoms with E-state index in [4.69, 9.17) is 9.26 Å². The minimum Gasteiger partial charge on any atom is -0.497 e. The Hall–Kier alpha value is -3.39. The normalized spacial score (nSPS) is 11.4. The molecule has 0 atom stereocenters. The summed E-state index contributed by atoms with van der Waals surface area (Å²) in [7, 11) is 1.66. The predicted molar refractivity (Wildman–Crippen MR) is 111 cm³/mol. The molecule has 0 spiro atoms. The maximum Gasteiger partial charge on any atom is 0.237 e. The molecule has 0 N–H and O–H groups in total. The fourth-order valence-electron chi connectivity index (χ4n) is 3.27. The van der Waals surface area contributed by atoms with Gasteiger partial charge < -0.3 is 9.26 Å². The summed E-state index contributed by atoms with van der Waals surface area (Å²) in [6.45, 7) is 2.07. The van der Waals surface area contributed by atoms with Gasteiger partial charge >= 0.3 is 0 Å². The molecule has 0 aliphatic heterocycles. The van der Waals surface area contributed by atoms with E-state index in [1.807, 2.05) is 52.9 Å². The zero-order valence-corrected chi connectivity index (χ0v) is 16.7. The summed E-state index contributed by atoms with van der Waals surface area (Å²) < 4.78 is 12.9. The summed E-state index contributed by atoms with van der Waals surface area (Å²) in [5, 5.41) is 14.7. The average molecular weight is 403 g/mol. The first-order chi connectivity index (χ1) is 14.2. The minimum absolute atomic E-state index is 0.500. The first-order valence-corrected chi connectivity index (χ1v) is 10.0. The number of hydrogen-bond donors (Lipinski definition) is 0. The molecule has 5 aromatic rings. The number of aromatic nitrogens is 5. The maximum atomic E-state index is 5.41. The molecule has 0 amide bonds. The molecule has 0 bridgehead atoms. The minimum atomic E-state index is 0.500. The van der Waals surface area contributed by atoms with E-state index >= 15 is 0 Å². The highest BCUT2D eigenvalue weighted by atomic mass is 32.2. The van der Waals surface area contributed by atoms with Crippen LogP contribution in [-0.2, 0) is 5.75 Å². The number of fused-ring (bicyclic) bond motifs is 3. The molecule has 0 aliphatic carbocycles. The van der Waals surface area contributed by atoms with Gasteiger partial charge in [-0.1, -0.05) is 47.3 Å². The molecule has 0 saturated carbocycles. The molecular weight excluding hydrogens is 386 g/mol. The molecule has 3 aromatic heterocycles. The average Bonchev–Trinajstić information content (AvgIpc) is 3.39. The van der Waals surface area contributed by atoms with Crippen LogP contribution in [0.2, 0.25) is 0 Å². The van der Waals surface area contributed by atoms with Crippen LogP contribution < -0.4 is 4.74 Å². The largest absolute Gasteiger partial charge is 0.497 e. The van der Waals surface area contributed by atoms with E-state index in [1.54, 1.807) is 7.11 Å². The van der Waals surface area contributed by atoms with Crippen molar-refractivity contribution in [1.29, 1.82) is 0 Å². The first-order valence-electron chi connectivity index (χ1n) is 9.06. The van der Waals surface area contributed by atoms with Gasteiger partial charge in [0, 0.05) is 17.0 Å². The molecule has 5 rings (SSSR count). The molecule has 8 heteroatoms. The van der Waals surface area contributed by atoms with Gasteiger partial charge in [0.05, 0.1) is 18.4 Å². The number of hydrogen-bond acceptors (Lipinski definition) is 7. The molecular formula is C21H17N5O2S. The lowest BCUT2D eigenvalue weighted by Gasteiger charge is -2.09. The molecule has 0 aliphatic rings. The Labute approximate surface area is 170 Å². The maximum absolute atomic E-state index is 5.41. The van der Waals surface area contributed by atoms with Crippen LogP contribution in [0.25, 0.3) is 27.9 Å².